The van der Waals surface area contributed by atoms with Crippen LogP contribution in [0.5, 0.6) is 0 Å². The molecule has 8 heteroatoms. The zero-order chi connectivity index (χ0) is 14.8. The van der Waals surface area contributed by atoms with Gasteiger partial charge in [0, 0.05) is 6.20 Å². The highest BCUT2D eigenvalue weighted by atomic mass is 32.2. The van der Waals surface area contributed by atoms with Crippen LogP contribution in [-0.2, 0) is 16.6 Å². The largest absolute Gasteiger partial charge is 0.392 e. The molecule has 0 saturated carbocycles. The number of hydrogen-bond acceptors (Lipinski definition) is 4. The number of aromatic nitrogens is 1. The van der Waals surface area contributed by atoms with Gasteiger partial charge in [-0.1, -0.05) is 6.07 Å². The zero-order valence-electron chi connectivity index (χ0n) is 10.0. The van der Waals surface area contributed by atoms with E-state index in [0.29, 0.717) is 0 Å². The average Bonchev–Trinajstić information content (AvgIpc) is 2.41. The minimum Gasteiger partial charge on any atom is -0.392 e. The molecule has 106 valence electrons. The molecule has 1 heterocycles. The van der Waals surface area contributed by atoms with Crippen molar-refractivity contribution < 1.29 is 22.3 Å². The fourth-order valence-corrected chi connectivity index (χ4v) is 2.71. The fraction of sp³-hybridized carbons (Fsp3) is 0.0833. The van der Waals surface area contributed by atoms with E-state index in [2.05, 4.69) is 4.98 Å². The average molecular weight is 300 g/mol. The van der Waals surface area contributed by atoms with Crippen molar-refractivity contribution in [1.29, 1.82) is 0 Å². The van der Waals surface area contributed by atoms with E-state index >= 15 is 0 Å². The Balaban J connectivity index is 2.43. The molecule has 0 fully saturated rings. The van der Waals surface area contributed by atoms with Crippen LogP contribution < -0.4 is 4.72 Å². The predicted octanol–water partition coefficient (Wildman–Crippen LogP) is 1.65. The van der Waals surface area contributed by atoms with E-state index < -0.39 is 33.2 Å². The molecule has 1 aromatic heterocycles. The molecule has 2 aromatic rings. The third kappa shape index (κ3) is 2.91. The van der Waals surface area contributed by atoms with Crippen molar-refractivity contribution >= 4 is 15.7 Å². The van der Waals surface area contributed by atoms with Crippen LogP contribution in [0.1, 0.15) is 5.56 Å². The van der Waals surface area contributed by atoms with E-state index in [0.717, 1.165) is 24.4 Å². The summed E-state index contributed by atoms with van der Waals surface area (Å²) in [5.41, 5.74) is -0.115. The molecule has 0 bridgehead atoms. The van der Waals surface area contributed by atoms with E-state index in [1.807, 2.05) is 4.72 Å². The van der Waals surface area contributed by atoms with Crippen LogP contribution in [0.25, 0.3) is 0 Å². The van der Waals surface area contributed by atoms with Crippen molar-refractivity contribution in [2.45, 2.75) is 11.5 Å². The monoisotopic (exact) mass is 300 g/mol. The lowest BCUT2D eigenvalue weighted by molar-refractivity contribution is 0.281. The van der Waals surface area contributed by atoms with E-state index in [1.165, 1.54) is 12.3 Å². The summed E-state index contributed by atoms with van der Waals surface area (Å²) in [7, 11) is -4.30. The molecule has 2 N–H and O–H groups in total. The van der Waals surface area contributed by atoms with Gasteiger partial charge in [-0.2, -0.15) is 0 Å². The van der Waals surface area contributed by atoms with E-state index in [1.54, 1.807) is 0 Å². The van der Waals surface area contributed by atoms with Gasteiger partial charge in [-0.25, -0.2) is 17.2 Å². The summed E-state index contributed by atoms with van der Waals surface area (Å²) in [6.07, 6.45) is 2.03. The molecule has 0 unspecified atom stereocenters. The first kappa shape index (κ1) is 14.4. The third-order valence-corrected chi connectivity index (χ3v) is 3.87. The first-order valence-corrected chi connectivity index (χ1v) is 6.94. The number of rotatable bonds is 4. The number of aliphatic hydroxyl groups excluding tert-OH is 1. The van der Waals surface area contributed by atoms with Crippen molar-refractivity contribution in [1.82, 2.24) is 4.98 Å². The summed E-state index contributed by atoms with van der Waals surface area (Å²) in [6, 6.07) is 4.27. The van der Waals surface area contributed by atoms with Crippen LogP contribution in [0, 0.1) is 11.6 Å². The highest BCUT2D eigenvalue weighted by Gasteiger charge is 2.21. The number of sulfonamides is 1. The van der Waals surface area contributed by atoms with Crippen molar-refractivity contribution in [2.75, 3.05) is 4.72 Å². The first-order valence-electron chi connectivity index (χ1n) is 5.45. The van der Waals surface area contributed by atoms with Crippen molar-refractivity contribution in [3.8, 4) is 0 Å². The van der Waals surface area contributed by atoms with Crippen LogP contribution in [0.3, 0.4) is 0 Å². The van der Waals surface area contributed by atoms with Gasteiger partial charge in [0.2, 0.25) is 0 Å². The van der Waals surface area contributed by atoms with E-state index in [9.17, 15) is 17.2 Å². The van der Waals surface area contributed by atoms with E-state index in [4.69, 9.17) is 5.11 Å². The summed E-state index contributed by atoms with van der Waals surface area (Å²) in [5, 5.41) is 8.95. The van der Waals surface area contributed by atoms with Gasteiger partial charge < -0.3 is 5.11 Å². The summed E-state index contributed by atoms with van der Waals surface area (Å²) in [4.78, 5) is 2.81. The molecular weight excluding hydrogens is 290 g/mol. The predicted molar refractivity (Wildman–Crippen MR) is 67.3 cm³/mol. The molecule has 0 atom stereocenters. The second kappa shape index (κ2) is 5.51. The lowest BCUT2D eigenvalue weighted by Gasteiger charge is -2.10. The minimum absolute atomic E-state index is 0.224. The number of pyridine rings is 1. The maximum Gasteiger partial charge on any atom is 0.264 e. The lowest BCUT2D eigenvalue weighted by atomic mass is 10.2. The summed E-state index contributed by atoms with van der Waals surface area (Å²) >= 11 is 0. The molecule has 20 heavy (non-hydrogen) atoms. The van der Waals surface area contributed by atoms with Crippen LogP contribution in [-0.4, -0.2) is 18.5 Å². The number of anilines is 1. The highest BCUT2D eigenvalue weighted by molar-refractivity contribution is 7.92. The quantitative estimate of drug-likeness (QED) is 0.900. The van der Waals surface area contributed by atoms with Gasteiger partial charge >= 0.3 is 0 Å². The van der Waals surface area contributed by atoms with Crippen molar-refractivity contribution in [3.05, 3.63) is 53.9 Å². The van der Waals surface area contributed by atoms with Gasteiger partial charge in [0.1, 0.15) is 10.7 Å². The Morgan fingerprint density at radius 2 is 1.95 bits per heavy atom. The number of halogens is 2. The molecule has 0 saturated heterocycles. The number of aliphatic hydroxyl groups is 1. The second-order valence-electron chi connectivity index (χ2n) is 3.88. The molecule has 1 aromatic carbocycles. The summed E-state index contributed by atoms with van der Waals surface area (Å²) < 4.78 is 52.9. The normalized spacial score (nSPS) is 11.3. The third-order valence-electron chi connectivity index (χ3n) is 2.48. The maximum atomic E-state index is 13.6. The molecule has 5 nitrogen and oxygen atoms in total. The SMILES string of the molecule is O=S(=O)(Nc1ccncc1F)c1cc(CO)ccc1F. The molecule has 0 radical (unpaired) electrons. The topological polar surface area (TPSA) is 79.3 Å². The number of hydrogen-bond donors (Lipinski definition) is 2. The Kier molecular flexibility index (Phi) is 3.96. The molecule has 0 aliphatic rings. The summed E-state index contributed by atoms with van der Waals surface area (Å²) in [5.74, 6) is -1.88. The Labute approximate surface area is 114 Å². The Hall–Kier alpha value is -2.06. The lowest BCUT2D eigenvalue weighted by Crippen LogP contribution is -2.16. The van der Waals surface area contributed by atoms with E-state index in [-0.39, 0.29) is 11.3 Å². The zero-order valence-corrected chi connectivity index (χ0v) is 10.9. The van der Waals surface area contributed by atoms with Crippen molar-refractivity contribution in [3.63, 3.8) is 0 Å². The molecule has 0 aliphatic carbocycles. The molecule has 0 amide bonds. The molecule has 2 rings (SSSR count). The molecule has 0 spiro atoms. The highest BCUT2D eigenvalue weighted by Crippen LogP contribution is 2.21. The van der Waals surface area contributed by atoms with Gasteiger partial charge in [-0.05, 0) is 23.8 Å². The van der Waals surface area contributed by atoms with Gasteiger partial charge in [0.15, 0.2) is 5.82 Å². The van der Waals surface area contributed by atoms with Crippen LogP contribution >= 0.6 is 0 Å². The maximum absolute atomic E-state index is 13.6. The summed E-state index contributed by atoms with van der Waals surface area (Å²) in [6.45, 7) is -0.438. The second-order valence-corrected chi connectivity index (χ2v) is 5.53. The van der Waals surface area contributed by atoms with Crippen LogP contribution in [0.4, 0.5) is 14.5 Å². The Bertz CT molecular complexity index is 735. The van der Waals surface area contributed by atoms with Gasteiger partial charge in [0.05, 0.1) is 18.5 Å². The van der Waals surface area contributed by atoms with Crippen LogP contribution in [0.15, 0.2) is 41.6 Å². The Morgan fingerprint density at radius 1 is 1.20 bits per heavy atom. The van der Waals surface area contributed by atoms with Gasteiger partial charge in [0.25, 0.3) is 10.0 Å². The Morgan fingerprint density at radius 3 is 2.60 bits per heavy atom. The fourth-order valence-electron chi connectivity index (χ4n) is 1.51. The number of nitrogens with one attached hydrogen (secondary N) is 1. The molecule has 0 aliphatic heterocycles. The minimum atomic E-state index is -4.30. The first-order chi connectivity index (χ1) is 9.44. The number of nitrogens with zero attached hydrogens (tertiary/aromatic N) is 1. The standard InChI is InChI=1S/C12H10F2N2O3S/c13-9-2-1-8(7-17)5-12(9)20(18,19)16-11-3-4-15-6-10(11)14/h1-6,17H,7H2,(H,15,16). The van der Waals surface area contributed by atoms with Crippen molar-refractivity contribution in [2.24, 2.45) is 0 Å². The number of benzene rings is 1. The smallest absolute Gasteiger partial charge is 0.264 e. The van der Waals surface area contributed by atoms with Gasteiger partial charge in [-0.3, -0.25) is 9.71 Å². The van der Waals surface area contributed by atoms with Crippen LogP contribution in [0.2, 0.25) is 0 Å². The molecular formula is C12H10F2N2O3S. The van der Waals surface area contributed by atoms with Gasteiger partial charge in [-0.15, -0.1) is 0 Å².